The number of rotatable bonds is 4. The van der Waals surface area contributed by atoms with E-state index in [1.165, 1.54) is 33.8 Å². The largest absolute Gasteiger partial charge is 0.311 e. The minimum absolute atomic E-state index is 0.547. The molecule has 0 saturated carbocycles. The summed E-state index contributed by atoms with van der Waals surface area (Å²) >= 11 is 0. The summed E-state index contributed by atoms with van der Waals surface area (Å²) in [4.78, 5) is 2.31. The van der Waals surface area contributed by atoms with Gasteiger partial charge < -0.3 is 4.90 Å². The van der Waals surface area contributed by atoms with Crippen molar-refractivity contribution in [2.45, 2.75) is 33.6 Å². The second-order valence-electron chi connectivity index (χ2n) is 6.75. The minimum Gasteiger partial charge on any atom is -0.311 e. The molecule has 0 amide bonds. The van der Waals surface area contributed by atoms with Gasteiger partial charge in [0.15, 0.2) is 0 Å². The Morgan fingerprint density at radius 2 is 0.875 bits per heavy atom. The Bertz CT molecular complexity index is 735. The van der Waals surface area contributed by atoms with Crippen molar-refractivity contribution in [2.75, 3.05) is 4.90 Å². The van der Waals surface area contributed by atoms with E-state index in [9.17, 15) is 0 Å². The van der Waals surface area contributed by atoms with Crippen LogP contribution < -0.4 is 4.90 Å². The smallest absolute Gasteiger partial charge is 0.0461 e. The number of anilines is 3. The second kappa shape index (κ2) is 6.92. The molecule has 1 heteroatoms. The molecule has 3 rings (SSSR count). The van der Waals surface area contributed by atoms with E-state index in [4.69, 9.17) is 0 Å². The van der Waals surface area contributed by atoms with E-state index in [2.05, 4.69) is 105 Å². The summed E-state index contributed by atoms with van der Waals surface area (Å²) in [6.45, 7) is 8.70. The summed E-state index contributed by atoms with van der Waals surface area (Å²) in [5, 5.41) is 0. The molecule has 0 heterocycles. The van der Waals surface area contributed by atoms with Crippen molar-refractivity contribution < 1.29 is 0 Å². The van der Waals surface area contributed by atoms with Crippen LogP contribution in [0.15, 0.2) is 72.8 Å². The van der Waals surface area contributed by atoms with Gasteiger partial charge in [0.2, 0.25) is 0 Å². The van der Waals surface area contributed by atoms with Gasteiger partial charge >= 0.3 is 0 Å². The van der Waals surface area contributed by atoms with Gasteiger partial charge in [-0.3, -0.25) is 0 Å². The molecule has 0 radical (unpaired) electrons. The fourth-order valence-electron chi connectivity index (χ4n) is 2.84. The zero-order valence-electron chi connectivity index (χ0n) is 15.0. The second-order valence-corrected chi connectivity index (χ2v) is 6.75. The summed E-state index contributed by atoms with van der Waals surface area (Å²) < 4.78 is 0. The van der Waals surface area contributed by atoms with Crippen molar-refractivity contribution in [3.63, 3.8) is 0 Å². The maximum Gasteiger partial charge on any atom is 0.0461 e. The first-order chi connectivity index (χ1) is 11.5. The third-order valence-electron chi connectivity index (χ3n) is 4.40. The number of hydrogen-bond donors (Lipinski definition) is 0. The molecule has 0 fully saturated rings. The van der Waals surface area contributed by atoms with Crippen molar-refractivity contribution in [3.8, 4) is 0 Å². The van der Waals surface area contributed by atoms with E-state index in [1.54, 1.807) is 0 Å². The maximum absolute atomic E-state index is 2.31. The monoisotopic (exact) mass is 315 g/mol. The lowest BCUT2D eigenvalue weighted by Gasteiger charge is -2.26. The molecule has 122 valence electrons. The lowest BCUT2D eigenvalue weighted by molar-refractivity contribution is 0.866. The molecular formula is C23H25N. The van der Waals surface area contributed by atoms with Crippen molar-refractivity contribution in [2.24, 2.45) is 0 Å². The van der Waals surface area contributed by atoms with Crippen molar-refractivity contribution in [3.05, 3.63) is 89.5 Å². The Morgan fingerprint density at radius 1 is 0.542 bits per heavy atom. The van der Waals surface area contributed by atoms with Gasteiger partial charge in [-0.05, 0) is 61.7 Å². The topological polar surface area (TPSA) is 3.24 Å². The predicted molar refractivity (Wildman–Crippen MR) is 105 cm³/mol. The van der Waals surface area contributed by atoms with Gasteiger partial charge in [-0.25, -0.2) is 0 Å². The summed E-state index contributed by atoms with van der Waals surface area (Å²) in [6, 6.07) is 26.3. The fraction of sp³-hybridized carbons (Fsp3) is 0.217. The van der Waals surface area contributed by atoms with Crippen molar-refractivity contribution in [1.82, 2.24) is 0 Å². The number of aryl methyl sites for hydroxylation is 2. The molecule has 3 aromatic carbocycles. The predicted octanol–water partition coefficient (Wildman–Crippen LogP) is 6.90. The zero-order valence-corrected chi connectivity index (χ0v) is 15.0. The van der Waals surface area contributed by atoms with Crippen LogP contribution in [0.5, 0.6) is 0 Å². The molecule has 3 aromatic rings. The molecule has 0 atom stereocenters. The van der Waals surface area contributed by atoms with Crippen LogP contribution in [-0.4, -0.2) is 0 Å². The van der Waals surface area contributed by atoms with Crippen LogP contribution >= 0.6 is 0 Å². The average Bonchev–Trinajstić information content (AvgIpc) is 2.59. The maximum atomic E-state index is 2.31. The summed E-state index contributed by atoms with van der Waals surface area (Å²) in [7, 11) is 0. The Morgan fingerprint density at radius 3 is 1.21 bits per heavy atom. The third kappa shape index (κ3) is 3.51. The Hall–Kier alpha value is -2.54. The van der Waals surface area contributed by atoms with Gasteiger partial charge in [0.05, 0.1) is 0 Å². The lowest BCUT2D eigenvalue weighted by Crippen LogP contribution is -2.10. The number of nitrogens with zero attached hydrogens (tertiary/aromatic N) is 1. The Kier molecular flexibility index (Phi) is 4.71. The SMILES string of the molecule is Cc1ccc(N(c2ccc(C)cc2)c2ccc(C(C)C)cc2)cc1. The van der Waals surface area contributed by atoms with E-state index in [0.717, 1.165) is 0 Å². The zero-order chi connectivity index (χ0) is 17.1. The van der Waals surface area contributed by atoms with Crippen molar-refractivity contribution in [1.29, 1.82) is 0 Å². The molecule has 0 bridgehead atoms. The van der Waals surface area contributed by atoms with Crippen LogP contribution in [0.1, 0.15) is 36.5 Å². The average molecular weight is 315 g/mol. The molecule has 0 N–H and O–H groups in total. The molecule has 0 aromatic heterocycles. The van der Waals surface area contributed by atoms with Crippen LogP contribution in [0.3, 0.4) is 0 Å². The number of benzene rings is 3. The first kappa shape index (κ1) is 16.3. The van der Waals surface area contributed by atoms with Gasteiger partial charge in [0.25, 0.3) is 0 Å². The molecule has 1 nitrogen and oxygen atoms in total. The van der Waals surface area contributed by atoms with Gasteiger partial charge in [-0.1, -0.05) is 61.4 Å². The normalized spacial score (nSPS) is 10.9. The molecular weight excluding hydrogens is 290 g/mol. The minimum atomic E-state index is 0.547. The van der Waals surface area contributed by atoms with Crippen LogP contribution in [0.4, 0.5) is 17.1 Å². The Balaban J connectivity index is 2.07. The summed E-state index contributed by atoms with van der Waals surface area (Å²) in [6.07, 6.45) is 0. The van der Waals surface area contributed by atoms with Gasteiger partial charge in [-0.15, -0.1) is 0 Å². The van der Waals surface area contributed by atoms with E-state index in [0.29, 0.717) is 5.92 Å². The first-order valence-electron chi connectivity index (χ1n) is 8.58. The van der Waals surface area contributed by atoms with E-state index < -0.39 is 0 Å². The van der Waals surface area contributed by atoms with Crippen molar-refractivity contribution >= 4 is 17.1 Å². The van der Waals surface area contributed by atoms with Gasteiger partial charge in [-0.2, -0.15) is 0 Å². The Labute approximate surface area is 145 Å². The summed E-state index contributed by atoms with van der Waals surface area (Å²) in [5.74, 6) is 0.547. The molecule has 0 aliphatic rings. The van der Waals surface area contributed by atoms with E-state index in [1.807, 2.05) is 0 Å². The molecule has 24 heavy (non-hydrogen) atoms. The van der Waals surface area contributed by atoms with Crippen LogP contribution in [0.25, 0.3) is 0 Å². The lowest BCUT2D eigenvalue weighted by atomic mass is 10.0. The fourth-order valence-corrected chi connectivity index (χ4v) is 2.84. The highest BCUT2D eigenvalue weighted by Gasteiger charge is 2.12. The summed E-state index contributed by atoms with van der Waals surface area (Å²) in [5.41, 5.74) is 7.47. The highest BCUT2D eigenvalue weighted by atomic mass is 15.1. The quantitative estimate of drug-likeness (QED) is 0.506. The van der Waals surface area contributed by atoms with Crippen LogP contribution in [0, 0.1) is 13.8 Å². The molecule has 0 unspecified atom stereocenters. The van der Waals surface area contributed by atoms with Gasteiger partial charge in [0, 0.05) is 17.1 Å². The van der Waals surface area contributed by atoms with E-state index >= 15 is 0 Å². The molecule has 0 aliphatic carbocycles. The highest BCUT2D eigenvalue weighted by Crippen LogP contribution is 2.35. The first-order valence-corrected chi connectivity index (χ1v) is 8.58. The van der Waals surface area contributed by atoms with Gasteiger partial charge in [0.1, 0.15) is 0 Å². The molecule has 0 spiro atoms. The third-order valence-corrected chi connectivity index (χ3v) is 4.40. The number of hydrogen-bond acceptors (Lipinski definition) is 1. The molecule has 0 saturated heterocycles. The highest BCUT2D eigenvalue weighted by molar-refractivity contribution is 5.76. The van der Waals surface area contributed by atoms with Crippen LogP contribution in [-0.2, 0) is 0 Å². The van der Waals surface area contributed by atoms with E-state index in [-0.39, 0.29) is 0 Å². The molecule has 0 aliphatic heterocycles. The standard InChI is InChI=1S/C23H25N/c1-17(2)20-9-15-23(16-10-20)24(21-11-5-18(3)6-12-21)22-13-7-19(4)8-14-22/h5-17H,1-4H3. The van der Waals surface area contributed by atoms with Crippen LogP contribution in [0.2, 0.25) is 0 Å².